The third-order valence-electron chi connectivity index (χ3n) is 2.17. The Morgan fingerprint density at radius 2 is 1.82 bits per heavy atom. The van der Waals surface area contributed by atoms with E-state index in [1.54, 1.807) is 0 Å². The van der Waals surface area contributed by atoms with Crippen molar-refractivity contribution >= 4 is 6.34 Å². The quantitative estimate of drug-likeness (QED) is 0.560. The number of hydrogen-bond acceptors (Lipinski definition) is 4. The van der Waals surface area contributed by atoms with Gasteiger partial charge in [0.2, 0.25) is 6.17 Å². The lowest BCUT2D eigenvalue weighted by Gasteiger charge is -2.35. The molecule has 96 valence electrons. The maximum atomic E-state index is 13.2. The van der Waals surface area contributed by atoms with E-state index in [2.05, 4.69) is 5.10 Å². The Morgan fingerprint density at radius 3 is 2.18 bits per heavy atom. The topological polar surface area (TPSA) is 42.6 Å². The summed E-state index contributed by atoms with van der Waals surface area (Å²) in [6, 6.07) is -0.692. The minimum Gasteiger partial charge on any atom is -0.263 e. The van der Waals surface area contributed by atoms with Gasteiger partial charge in [0.25, 0.3) is 0 Å². The third kappa shape index (κ3) is 2.11. The molecule has 17 heavy (non-hydrogen) atoms. The van der Waals surface area contributed by atoms with E-state index in [1.807, 2.05) is 0 Å². The van der Waals surface area contributed by atoms with E-state index in [0.717, 1.165) is 0 Å². The van der Waals surface area contributed by atoms with Gasteiger partial charge in [-0.05, 0) is 13.8 Å². The van der Waals surface area contributed by atoms with Gasteiger partial charge in [0.05, 0.1) is 0 Å². The Hall–Kier alpha value is -1.59. The molecule has 0 aromatic carbocycles. The molecule has 0 bridgehead atoms. The summed E-state index contributed by atoms with van der Waals surface area (Å²) in [6.45, 7) is 2.80. The molecule has 9 heteroatoms. The molecule has 0 N–H and O–H groups in total. The summed E-state index contributed by atoms with van der Waals surface area (Å²) in [7, 11) is 0. The second-order valence-electron chi connectivity index (χ2n) is 3.71. The molecule has 0 saturated carbocycles. The van der Waals surface area contributed by atoms with Crippen molar-refractivity contribution in [2.45, 2.75) is 38.2 Å². The van der Waals surface area contributed by atoms with Gasteiger partial charge in [-0.15, -0.1) is 0 Å². The van der Waals surface area contributed by atoms with E-state index in [1.165, 1.54) is 20.0 Å². The highest BCUT2D eigenvalue weighted by molar-refractivity contribution is 5.60. The molecule has 1 aliphatic heterocycles. The number of hydrogen-bond donors (Lipinski definition) is 0. The molecular formula is C8H9F5N4. The molecule has 1 rings (SSSR count). The number of halogens is 5. The first kappa shape index (κ1) is 13.5. The van der Waals surface area contributed by atoms with Crippen LogP contribution in [0.3, 0.4) is 0 Å². The van der Waals surface area contributed by atoms with Crippen molar-refractivity contribution in [3.63, 3.8) is 0 Å². The van der Waals surface area contributed by atoms with Gasteiger partial charge in [0.1, 0.15) is 6.34 Å². The van der Waals surface area contributed by atoms with E-state index < -0.39 is 24.3 Å². The van der Waals surface area contributed by atoms with Crippen molar-refractivity contribution in [3.8, 4) is 6.19 Å². The first-order valence-corrected chi connectivity index (χ1v) is 4.58. The summed E-state index contributed by atoms with van der Waals surface area (Å²) >= 11 is 0. The minimum absolute atomic E-state index is 0.188. The first-order valence-electron chi connectivity index (χ1n) is 4.58. The summed E-state index contributed by atoms with van der Waals surface area (Å²) in [5, 5.41) is 12.5. The van der Waals surface area contributed by atoms with Gasteiger partial charge in [0, 0.05) is 6.04 Å². The van der Waals surface area contributed by atoms with E-state index in [4.69, 9.17) is 5.26 Å². The fraction of sp³-hybridized carbons (Fsp3) is 0.750. The van der Waals surface area contributed by atoms with Crippen LogP contribution < -0.4 is 0 Å². The van der Waals surface area contributed by atoms with Crippen molar-refractivity contribution < 1.29 is 22.0 Å². The number of rotatable bonds is 2. The molecule has 0 aliphatic carbocycles. The molecule has 1 aliphatic rings. The Morgan fingerprint density at radius 1 is 1.29 bits per heavy atom. The summed E-state index contributed by atoms with van der Waals surface area (Å²) < 4.78 is 63.3. The summed E-state index contributed by atoms with van der Waals surface area (Å²) in [5.41, 5.74) is 0. The molecule has 0 radical (unpaired) electrons. The lowest BCUT2D eigenvalue weighted by Crippen LogP contribution is -2.59. The first-order chi connectivity index (χ1) is 7.63. The smallest absolute Gasteiger partial charge is 0.263 e. The molecule has 0 spiro atoms. The minimum atomic E-state index is -5.74. The van der Waals surface area contributed by atoms with Crippen molar-refractivity contribution in [2.75, 3.05) is 0 Å². The average Bonchev–Trinajstić information content (AvgIpc) is 2.59. The molecule has 4 nitrogen and oxygen atoms in total. The highest BCUT2D eigenvalue weighted by Crippen LogP contribution is 2.42. The SMILES string of the molecule is CC(C)N1N=CN(C#N)C1C(F)(F)C(F)(F)F. The third-order valence-corrected chi connectivity index (χ3v) is 2.17. The monoisotopic (exact) mass is 256 g/mol. The van der Waals surface area contributed by atoms with Crippen molar-refractivity contribution in [1.82, 2.24) is 9.91 Å². The van der Waals surface area contributed by atoms with Crippen LogP contribution in [0, 0.1) is 11.5 Å². The highest BCUT2D eigenvalue weighted by Gasteiger charge is 2.67. The van der Waals surface area contributed by atoms with Crippen LogP contribution in [0.1, 0.15) is 13.8 Å². The van der Waals surface area contributed by atoms with Gasteiger partial charge in [-0.2, -0.15) is 32.3 Å². The average molecular weight is 256 g/mol. The largest absolute Gasteiger partial charge is 0.457 e. The molecule has 0 saturated heterocycles. The molecule has 0 aromatic rings. The Labute approximate surface area is 93.9 Å². The number of hydrazone groups is 1. The molecule has 1 heterocycles. The fourth-order valence-corrected chi connectivity index (χ4v) is 1.35. The Balaban J connectivity index is 3.12. The summed E-state index contributed by atoms with van der Waals surface area (Å²) in [4.78, 5) is 0.188. The summed E-state index contributed by atoms with van der Waals surface area (Å²) in [6.07, 6.45) is -6.31. The van der Waals surface area contributed by atoms with Crippen LogP contribution in [-0.4, -0.2) is 40.6 Å². The number of nitriles is 1. The number of alkyl halides is 5. The predicted molar refractivity (Wildman–Crippen MR) is 47.7 cm³/mol. The lowest BCUT2D eigenvalue weighted by molar-refractivity contribution is -0.312. The van der Waals surface area contributed by atoms with Crippen LogP contribution in [0.25, 0.3) is 0 Å². The van der Waals surface area contributed by atoms with E-state index >= 15 is 0 Å². The summed E-state index contributed by atoms with van der Waals surface area (Å²) in [5.74, 6) is -5.05. The van der Waals surface area contributed by atoms with Crippen molar-refractivity contribution in [2.24, 2.45) is 5.10 Å². The highest BCUT2D eigenvalue weighted by atomic mass is 19.4. The second-order valence-corrected chi connectivity index (χ2v) is 3.71. The molecule has 1 atom stereocenters. The zero-order valence-corrected chi connectivity index (χ0v) is 8.91. The molecule has 0 fully saturated rings. The van der Waals surface area contributed by atoms with E-state index in [-0.39, 0.29) is 4.90 Å². The normalized spacial score (nSPS) is 21.2. The maximum absolute atomic E-state index is 13.2. The predicted octanol–water partition coefficient (Wildman–Crippen LogP) is 1.96. The van der Waals surface area contributed by atoms with Crippen LogP contribution in [0.5, 0.6) is 0 Å². The Bertz CT molecular complexity index is 356. The van der Waals surface area contributed by atoms with Gasteiger partial charge in [-0.3, -0.25) is 5.01 Å². The van der Waals surface area contributed by atoms with Gasteiger partial charge in [-0.25, -0.2) is 4.90 Å². The van der Waals surface area contributed by atoms with Crippen LogP contribution in [0.2, 0.25) is 0 Å². The van der Waals surface area contributed by atoms with Crippen LogP contribution in [-0.2, 0) is 0 Å². The maximum Gasteiger partial charge on any atom is 0.457 e. The number of nitrogens with zero attached hydrogens (tertiary/aromatic N) is 4. The van der Waals surface area contributed by atoms with Crippen molar-refractivity contribution in [3.05, 3.63) is 0 Å². The van der Waals surface area contributed by atoms with Crippen molar-refractivity contribution in [1.29, 1.82) is 5.26 Å². The fourth-order valence-electron chi connectivity index (χ4n) is 1.35. The zero-order chi connectivity index (χ0) is 13.4. The Kier molecular flexibility index (Phi) is 3.18. The second kappa shape index (κ2) is 4.01. The van der Waals surface area contributed by atoms with E-state index in [9.17, 15) is 22.0 Å². The standard InChI is InChI=1S/C8H9F5N4/c1-5(2)17-6(16(3-14)4-15-17)7(9,10)8(11,12)13/h4-6H,1-2H3. The van der Waals surface area contributed by atoms with E-state index in [0.29, 0.717) is 11.3 Å². The molecule has 0 aromatic heterocycles. The molecular weight excluding hydrogens is 247 g/mol. The zero-order valence-electron chi connectivity index (χ0n) is 8.91. The van der Waals surface area contributed by atoms with Crippen LogP contribution in [0.4, 0.5) is 22.0 Å². The molecule has 1 unspecified atom stereocenters. The molecule has 0 amide bonds. The van der Waals surface area contributed by atoms with Crippen LogP contribution >= 0.6 is 0 Å². The van der Waals surface area contributed by atoms with Crippen LogP contribution in [0.15, 0.2) is 5.10 Å². The van der Waals surface area contributed by atoms with Gasteiger partial charge >= 0.3 is 12.1 Å². The lowest BCUT2D eigenvalue weighted by atomic mass is 10.2. The van der Waals surface area contributed by atoms with Gasteiger partial charge in [0.15, 0.2) is 6.19 Å². The van der Waals surface area contributed by atoms with Gasteiger partial charge in [-0.1, -0.05) is 0 Å². The van der Waals surface area contributed by atoms with Gasteiger partial charge < -0.3 is 0 Å².